The number of carbonyl (C=O) groups excluding carboxylic acids is 4. The van der Waals surface area contributed by atoms with Gasteiger partial charge in [-0.05, 0) is 130 Å². The van der Waals surface area contributed by atoms with Gasteiger partial charge in [0.2, 0.25) is 23.6 Å². The van der Waals surface area contributed by atoms with Gasteiger partial charge < -0.3 is 87.1 Å². The van der Waals surface area contributed by atoms with Crippen LogP contribution in [0, 0.1) is 41.0 Å². The fraction of sp³-hybridized carbons (Fsp3) is 0.327. The highest BCUT2D eigenvalue weighted by molar-refractivity contribution is 6.38. The van der Waals surface area contributed by atoms with Crippen LogP contribution in [0.2, 0.25) is 20.1 Å². The number of amides is 4. The second-order valence-corrected chi connectivity index (χ2v) is 33.5. The Kier molecular flexibility index (Phi) is 34.2. The minimum absolute atomic E-state index is 0.0182. The van der Waals surface area contributed by atoms with Gasteiger partial charge >= 0.3 is 0 Å². The predicted octanol–water partition coefficient (Wildman–Crippen LogP) is 16.2. The van der Waals surface area contributed by atoms with E-state index < -0.39 is 23.3 Å². The van der Waals surface area contributed by atoms with E-state index in [9.17, 15) is 36.7 Å². The summed E-state index contributed by atoms with van der Waals surface area (Å²) in [7, 11) is 13.2. The summed E-state index contributed by atoms with van der Waals surface area (Å²) in [5.41, 5.74) is 11.9. The summed E-state index contributed by atoms with van der Waals surface area (Å²) >= 11 is 26.2. The van der Waals surface area contributed by atoms with E-state index in [1.807, 2.05) is 65.4 Å². The maximum atomic E-state index is 14.8. The van der Waals surface area contributed by atoms with Gasteiger partial charge in [0.05, 0.1) is 190 Å². The molecule has 0 radical (unpaired) electrons. The molecule has 3 aliphatic heterocycles. The molecule has 3 fully saturated rings. The minimum Gasteiger partial charge on any atom is -0.495 e. The number of halogens is 8. The summed E-state index contributed by atoms with van der Waals surface area (Å²) in [6, 6.07) is 26.7. The molecule has 716 valence electrons. The van der Waals surface area contributed by atoms with E-state index in [0.29, 0.717) is 161 Å². The van der Waals surface area contributed by atoms with Gasteiger partial charge in [-0.25, -0.2) is 22.5 Å². The normalized spacial score (nSPS) is 16.2. The number of aromatic nitrogens is 11. The highest BCUT2D eigenvalue weighted by atomic mass is 35.5. The second kappa shape index (κ2) is 46.3. The lowest BCUT2D eigenvalue weighted by Gasteiger charge is -2.31. The highest BCUT2D eigenvalue weighted by Gasteiger charge is 2.33. The average Bonchev–Trinajstić information content (AvgIpc) is 1.61. The molecule has 16 rings (SSSR count). The molecule has 3 saturated heterocycles. The van der Waals surface area contributed by atoms with Crippen LogP contribution in [0.3, 0.4) is 0 Å². The first-order chi connectivity index (χ1) is 65.7. The molecule has 38 heteroatoms. The van der Waals surface area contributed by atoms with Crippen molar-refractivity contribution in [1.29, 1.82) is 0 Å². The smallest absolute Gasteiger partial charge is 0.247 e. The molecule has 4 aromatic carbocycles. The molecule has 4 N–H and O–H groups in total. The number of carbonyl (C=O) groups is 4. The number of fused-ring (bicyclic) bond motifs is 4. The van der Waals surface area contributed by atoms with Gasteiger partial charge in [0, 0.05) is 152 Å². The molecule has 13 aromatic rings. The van der Waals surface area contributed by atoms with Crippen LogP contribution in [0.4, 0.5) is 23.2 Å². The number of rotatable bonds is 32. The van der Waals surface area contributed by atoms with Crippen LogP contribution >= 0.6 is 46.4 Å². The lowest BCUT2D eigenvalue weighted by Crippen LogP contribution is -2.45. The molecular weight excluding hydrogens is 1840 g/mol. The lowest BCUT2D eigenvalue weighted by atomic mass is 9.91. The van der Waals surface area contributed by atoms with Crippen molar-refractivity contribution in [2.45, 2.75) is 89.3 Å². The minimum atomic E-state index is -0.781. The monoisotopic (exact) mass is 1950 g/mol. The van der Waals surface area contributed by atoms with Gasteiger partial charge in [-0.1, -0.05) is 72.7 Å². The number of hydrogen-bond acceptors (Lipinski definition) is 21. The predicted molar refractivity (Wildman–Crippen MR) is 510 cm³/mol. The molecule has 0 spiro atoms. The number of nitrogens with one attached hydrogen (secondary N) is 4. The molecule has 30 nitrogen and oxygen atoms in total. The number of anilines is 1. The number of nitrogens with zero attached hydrogens (tertiary/aromatic N) is 11. The van der Waals surface area contributed by atoms with Crippen molar-refractivity contribution >= 4 is 120 Å². The van der Waals surface area contributed by atoms with Gasteiger partial charge in [-0.3, -0.25) is 43.5 Å². The van der Waals surface area contributed by atoms with Crippen molar-refractivity contribution < 1.29 is 88.8 Å². The summed E-state index contributed by atoms with van der Waals surface area (Å²) in [6.07, 6.45) is 18.5. The van der Waals surface area contributed by atoms with E-state index >= 15 is 0 Å². The van der Waals surface area contributed by atoms with E-state index in [1.54, 1.807) is 88.8 Å². The first-order valence-corrected chi connectivity index (χ1v) is 44.7. The third kappa shape index (κ3) is 23.5. The Morgan fingerprint density at radius 2 is 0.735 bits per heavy atom. The Morgan fingerprint density at radius 1 is 0.419 bits per heavy atom. The van der Waals surface area contributed by atoms with Crippen LogP contribution in [-0.2, 0) is 92.3 Å². The molecule has 0 aliphatic carbocycles. The van der Waals surface area contributed by atoms with Gasteiger partial charge in [0.25, 0.3) is 0 Å². The van der Waals surface area contributed by atoms with E-state index in [0.717, 1.165) is 69.6 Å². The van der Waals surface area contributed by atoms with Crippen LogP contribution in [-0.4, -0.2) is 191 Å². The largest absolute Gasteiger partial charge is 0.495 e. The standard InChI is InChI=1S/C25H27Cl2N3O4.C25H27F2N3O4.C24H26Cl2N4O4.C24H23F2N5O3/c2*1-4-23(31)29-18-8-10-34-14-15(18)11-16-5-6-20-19(28-16)7-9-30(20)13-17-24(26)21(32-2)12-22(33-3)25(17)27;1-4-22(31)29-17-7-8-34-13-14(17)9-15-5-6-19-18(28-15)11-27-30(19)12-16-23(25)20(32-2)10-21(33-3)24(16)26;1-5-22(32)28-18-13-30(2)29-17(18)10-14-6-7-19-16(27-14)8-9-31(19)12-15-23(25)20(33-3)11-21(34-4)24(15)26/h2*4-7,9,12,15,18H,1,8,10-11,13-14H2,2-3H3,(H,29,31);4-6,10-11,14,17H,1,7-9,12-13H2,2-3H3,(H,29,31);5-9,11,13H,1,10,12H2,2-4H3,(H,28,32). The number of aryl methyl sites for hydroxylation is 1. The SMILES string of the molecule is C=CC(=O)NC1CCOCC1Cc1ccc2c(ccn2Cc2c(Cl)c(OC)cc(OC)c2Cl)n1.C=CC(=O)NC1CCOCC1Cc1ccc2c(ccn2Cc2c(F)c(OC)cc(OC)c2F)n1.C=CC(=O)NC1CCOCC1Cc1ccc2c(cnn2Cc2c(Cl)c(OC)cc(OC)c2Cl)n1.C=CC(=O)Nc1cn(C)nc1Cc1ccc2c(ccn2Cc2c(F)c(OC)cc(OC)c2F)n1. The zero-order valence-corrected chi connectivity index (χ0v) is 79.3. The van der Waals surface area contributed by atoms with E-state index in [1.165, 1.54) is 79.1 Å². The van der Waals surface area contributed by atoms with Crippen LogP contribution in [0.25, 0.3) is 44.1 Å². The van der Waals surface area contributed by atoms with Crippen molar-refractivity contribution in [1.82, 2.24) is 69.1 Å². The van der Waals surface area contributed by atoms with E-state index in [4.69, 9.17) is 113 Å². The Balaban J connectivity index is 0.000000153. The van der Waals surface area contributed by atoms with Gasteiger partial charge in [-0.15, -0.1) is 0 Å². The van der Waals surface area contributed by atoms with E-state index in [-0.39, 0.29) is 107 Å². The summed E-state index contributed by atoms with van der Waals surface area (Å²) in [5.74, 6) is -2.03. The lowest BCUT2D eigenvalue weighted by molar-refractivity contribution is -0.119. The molecular formula is C98H103Cl4F4N15O15. The molecule has 12 heterocycles. The fourth-order valence-electron chi connectivity index (χ4n) is 16.5. The Morgan fingerprint density at radius 3 is 1.09 bits per heavy atom. The number of methoxy groups -OCH3 is 8. The first-order valence-electron chi connectivity index (χ1n) is 43.2. The molecule has 0 bridgehead atoms. The molecule has 136 heavy (non-hydrogen) atoms. The average molecular weight is 1950 g/mol. The zero-order valence-electron chi connectivity index (χ0n) is 76.2. The number of pyridine rings is 4. The zero-order chi connectivity index (χ0) is 97.1. The molecule has 4 amide bonds. The maximum Gasteiger partial charge on any atom is 0.247 e. The highest BCUT2D eigenvalue weighted by Crippen LogP contribution is 2.44. The topological polar surface area (TPSA) is 320 Å². The first kappa shape index (κ1) is 100. The van der Waals surface area contributed by atoms with Crippen LogP contribution in [0.5, 0.6) is 46.0 Å². The number of benzene rings is 4. The van der Waals surface area contributed by atoms with Crippen LogP contribution < -0.4 is 59.2 Å². The summed E-state index contributed by atoms with van der Waals surface area (Å²) in [6.45, 7) is 18.2. The Hall–Kier alpha value is -13.2. The number of ether oxygens (including phenoxy) is 11. The molecule has 6 atom stereocenters. The van der Waals surface area contributed by atoms with E-state index in [2.05, 4.69) is 62.8 Å². The molecule has 9 aromatic heterocycles. The van der Waals surface area contributed by atoms with Crippen LogP contribution in [0.1, 0.15) is 70.0 Å². The van der Waals surface area contributed by atoms with Gasteiger partial charge in [0.1, 0.15) is 28.5 Å². The second-order valence-electron chi connectivity index (χ2n) is 32.0. The molecule has 3 aliphatic rings. The van der Waals surface area contributed by atoms with Crippen molar-refractivity contribution in [2.24, 2.45) is 24.8 Å². The fourth-order valence-corrected chi connectivity index (χ4v) is 17.8. The van der Waals surface area contributed by atoms with Crippen molar-refractivity contribution in [3.63, 3.8) is 0 Å². The molecule has 0 saturated carbocycles. The van der Waals surface area contributed by atoms with Crippen molar-refractivity contribution in [3.05, 3.63) is 267 Å². The maximum absolute atomic E-state index is 14.8. The molecule has 6 unspecified atom stereocenters. The van der Waals surface area contributed by atoms with Crippen molar-refractivity contribution in [3.8, 4) is 46.0 Å². The summed E-state index contributed by atoms with van der Waals surface area (Å²) < 4.78 is 127. The van der Waals surface area contributed by atoms with Crippen molar-refractivity contribution in [2.75, 3.05) is 102 Å². The number of hydrogen-bond donors (Lipinski definition) is 4. The Labute approximate surface area is 801 Å². The van der Waals surface area contributed by atoms with Crippen LogP contribution in [0.15, 0.2) is 173 Å². The van der Waals surface area contributed by atoms with Gasteiger partial charge in [0.15, 0.2) is 46.3 Å². The summed E-state index contributed by atoms with van der Waals surface area (Å²) in [4.78, 5) is 66.1. The summed E-state index contributed by atoms with van der Waals surface area (Å²) in [5, 5.41) is 22.4. The third-order valence-corrected chi connectivity index (χ3v) is 25.3. The Bertz CT molecular complexity index is 6020. The van der Waals surface area contributed by atoms with Gasteiger partial charge in [-0.2, -0.15) is 10.2 Å². The quantitative estimate of drug-likeness (QED) is 0.0225. The third-order valence-electron chi connectivity index (χ3n) is 23.6.